The summed E-state index contributed by atoms with van der Waals surface area (Å²) in [6.07, 6.45) is 0. The fourth-order valence-corrected chi connectivity index (χ4v) is 2.26. The quantitative estimate of drug-likeness (QED) is 0.886. The maximum atomic E-state index is 13.8. The predicted octanol–water partition coefficient (Wildman–Crippen LogP) is 1.97. The first-order valence-corrected chi connectivity index (χ1v) is 5.95. The summed E-state index contributed by atoms with van der Waals surface area (Å²) in [7, 11) is 0. The molecule has 1 aromatic carbocycles. The van der Waals surface area contributed by atoms with Crippen LogP contribution in [-0.2, 0) is 10.3 Å². The summed E-state index contributed by atoms with van der Waals surface area (Å²) in [5.74, 6) is 0.118. The molecule has 0 amide bonds. The van der Waals surface area contributed by atoms with Crippen molar-refractivity contribution in [2.45, 2.75) is 25.5 Å². The van der Waals surface area contributed by atoms with Crippen molar-refractivity contribution in [2.24, 2.45) is 0 Å². The van der Waals surface area contributed by atoms with Crippen molar-refractivity contribution < 1.29 is 14.2 Å². The van der Waals surface area contributed by atoms with E-state index in [1.807, 2.05) is 10.6 Å². The van der Waals surface area contributed by atoms with Crippen molar-refractivity contribution >= 4 is 11.0 Å². The maximum Gasteiger partial charge on any atom is 0.151 e. The average molecular weight is 250 g/mol. The van der Waals surface area contributed by atoms with Gasteiger partial charge < -0.3 is 14.4 Å². The minimum absolute atomic E-state index is 0.123. The maximum absolute atomic E-state index is 13.8. The molecule has 0 radical (unpaired) electrons. The first-order valence-electron chi connectivity index (χ1n) is 5.95. The number of nitrogens with zero attached hydrogens (tertiary/aromatic N) is 2. The van der Waals surface area contributed by atoms with Gasteiger partial charge in [0.25, 0.3) is 0 Å². The van der Waals surface area contributed by atoms with Crippen molar-refractivity contribution in [1.82, 2.24) is 9.55 Å². The standard InChI is InChI=1S/C13H15FN2O2/c1-13(2,17)12-15-11-9(14)4-3-5-10(11)16(12)8-6-18-7-8/h3-5,8,17H,6-7H2,1-2H3. The molecule has 0 aliphatic carbocycles. The van der Waals surface area contributed by atoms with Crippen molar-refractivity contribution in [3.63, 3.8) is 0 Å². The van der Waals surface area contributed by atoms with Crippen molar-refractivity contribution in [3.8, 4) is 0 Å². The van der Waals surface area contributed by atoms with Crippen molar-refractivity contribution in [3.05, 3.63) is 29.8 Å². The number of para-hydroxylation sites is 1. The molecular weight excluding hydrogens is 235 g/mol. The Morgan fingerprint density at radius 3 is 2.72 bits per heavy atom. The van der Waals surface area contributed by atoms with Crippen LogP contribution >= 0.6 is 0 Å². The van der Waals surface area contributed by atoms with Gasteiger partial charge in [-0.05, 0) is 26.0 Å². The Morgan fingerprint density at radius 2 is 2.17 bits per heavy atom. The molecule has 0 saturated carbocycles. The SMILES string of the molecule is CC(C)(O)c1nc2c(F)cccc2n1C1COC1. The lowest BCUT2D eigenvalue weighted by atomic mass is 10.1. The first kappa shape index (κ1) is 11.6. The van der Waals surface area contributed by atoms with Gasteiger partial charge in [-0.15, -0.1) is 0 Å². The van der Waals surface area contributed by atoms with Gasteiger partial charge in [0.2, 0.25) is 0 Å². The number of imidazole rings is 1. The summed E-state index contributed by atoms with van der Waals surface area (Å²) in [4.78, 5) is 4.27. The molecule has 2 heterocycles. The van der Waals surface area contributed by atoms with Crippen LogP contribution in [0.4, 0.5) is 4.39 Å². The number of ether oxygens (including phenoxy) is 1. The van der Waals surface area contributed by atoms with Gasteiger partial charge in [0.05, 0.1) is 24.8 Å². The number of fused-ring (bicyclic) bond motifs is 1. The summed E-state index contributed by atoms with van der Waals surface area (Å²) < 4.78 is 20.8. The molecule has 0 unspecified atom stereocenters. The van der Waals surface area contributed by atoms with Gasteiger partial charge in [-0.1, -0.05) is 6.07 Å². The van der Waals surface area contributed by atoms with E-state index in [1.54, 1.807) is 19.9 Å². The third kappa shape index (κ3) is 1.62. The first-order chi connectivity index (χ1) is 8.48. The third-order valence-corrected chi connectivity index (χ3v) is 3.20. The van der Waals surface area contributed by atoms with Gasteiger partial charge in [-0.3, -0.25) is 0 Å². The van der Waals surface area contributed by atoms with Crippen LogP contribution in [0.15, 0.2) is 18.2 Å². The summed E-state index contributed by atoms with van der Waals surface area (Å²) in [6, 6.07) is 4.98. The minimum atomic E-state index is -1.11. The molecule has 0 bridgehead atoms. The van der Waals surface area contributed by atoms with Crippen LogP contribution in [-0.4, -0.2) is 27.9 Å². The minimum Gasteiger partial charge on any atom is -0.383 e. The molecule has 1 aliphatic heterocycles. The Labute approximate surface area is 104 Å². The van der Waals surface area contributed by atoms with E-state index in [4.69, 9.17) is 4.74 Å². The average Bonchev–Trinajstić information content (AvgIpc) is 2.56. The Kier molecular flexibility index (Phi) is 2.43. The Balaban J connectivity index is 2.30. The monoisotopic (exact) mass is 250 g/mol. The molecule has 3 rings (SSSR count). The van der Waals surface area contributed by atoms with Gasteiger partial charge in [0.15, 0.2) is 5.82 Å². The predicted molar refractivity (Wildman–Crippen MR) is 64.8 cm³/mol. The second-order valence-electron chi connectivity index (χ2n) is 5.16. The summed E-state index contributed by atoms with van der Waals surface area (Å²) >= 11 is 0. The van der Waals surface area contributed by atoms with Crippen LogP contribution in [0, 0.1) is 5.82 Å². The van der Waals surface area contributed by atoms with Gasteiger partial charge in [-0.25, -0.2) is 9.37 Å². The van der Waals surface area contributed by atoms with Crippen molar-refractivity contribution in [2.75, 3.05) is 13.2 Å². The van der Waals surface area contributed by atoms with E-state index in [1.165, 1.54) is 6.07 Å². The molecule has 0 atom stereocenters. The van der Waals surface area contributed by atoms with E-state index < -0.39 is 5.60 Å². The molecule has 18 heavy (non-hydrogen) atoms. The molecule has 1 aromatic heterocycles. The summed E-state index contributed by atoms with van der Waals surface area (Å²) in [5, 5.41) is 10.2. The molecule has 1 aliphatic rings. The summed E-state index contributed by atoms with van der Waals surface area (Å²) in [5.41, 5.74) is -0.0944. The van der Waals surface area contributed by atoms with Gasteiger partial charge in [0.1, 0.15) is 16.9 Å². The fourth-order valence-electron chi connectivity index (χ4n) is 2.26. The molecular formula is C13H15FN2O2. The second-order valence-corrected chi connectivity index (χ2v) is 5.16. The molecule has 4 nitrogen and oxygen atoms in total. The second kappa shape index (κ2) is 3.76. The van der Waals surface area contributed by atoms with E-state index in [-0.39, 0.29) is 11.9 Å². The van der Waals surface area contributed by atoms with E-state index in [0.29, 0.717) is 30.1 Å². The zero-order valence-corrected chi connectivity index (χ0v) is 10.4. The largest absolute Gasteiger partial charge is 0.383 e. The lowest BCUT2D eigenvalue weighted by Crippen LogP contribution is -2.34. The highest BCUT2D eigenvalue weighted by Gasteiger charge is 2.32. The molecule has 1 fully saturated rings. The topological polar surface area (TPSA) is 47.3 Å². The number of aliphatic hydroxyl groups is 1. The van der Waals surface area contributed by atoms with Crippen molar-refractivity contribution in [1.29, 1.82) is 0 Å². The normalized spacial score (nSPS) is 17.1. The molecule has 96 valence electrons. The van der Waals surface area contributed by atoms with Crippen LogP contribution in [0.1, 0.15) is 25.7 Å². The number of rotatable bonds is 2. The van der Waals surface area contributed by atoms with E-state index in [0.717, 1.165) is 0 Å². The molecule has 5 heteroatoms. The number of benzene rings is 1. The number of halogens is 1. The number of hydrogen-bond acceptors (Lipinski definition) is 3. The third-order valence-electron chi connectivity index (χ3n) is 3.20. The van der Waals surface area contributed by atoms with E-state index in [2.05, 4.69) is 4.98 Å². The van der Waals surface area contributed by atoms with Crippen LogP contribution in [0.3, 0.4) is 0 Å². The molecule has 2 aromatic rings. The highest BCUT2D eigenvalue weighted by Crippen LogP contribution is 2.31. The number of aromatic nitrogens is 2. The summed E-state index contributed by atoms with van der Waals surface area (Å²) in [6.45, 7) is 4.46. The highest BCUT2D eigenvalue weighted by atomic mass is 19.1. The van der Waals surface area contributed by atoms with Crippen LogP contribution in [0.2, 0.25) is 0 Å². The number of hydrogen-bond donors (Lipinski definition) is 1. The van der Waals surface area contributed by atoms with Crippen LogP contribution in [0.25, 0.3) is 11.0 Å². The Bertz CT molecular complexity index is 597. The van der Waals surface area contributed by atoms with Gasteiger partial charge in [0, 0.05) is 0 Å². The smallest absolute Gasteiger partial charge is 0.151 e. The zero-order chi connectivity index (χ0) is 12.9. The lowest BCUT2D eigenvalue weighted by molar-refractivity contribution is -0.0298. The highest BCUT2D eigenvalue weighted by molar-refractivity contribution is 5.77. The van der Waals surface area contributed by atoms with Gasteiger partial charge in [-0.2, -0.15) is 0 Å². The molecule has 1 N–H and O–H groups in total. The zero-order valence-electron chi connectivity index (χ0n) is 10.4. The Hall–Kier alpha value is -1.46. The lowest BCUT2D eigenvalue weighted by Gasteiger charge is -2.31. The van der Waals surface area contributed by atoms with Crippen LogP contribution < -0.4 is 0 Å². The van der Waals surface area contributed by atoms with E-state index >= 15 is 0 Å². The fraction of sp³-hybridized carbons (Fsp3) is 0.462. The Morgan fingerprint density at radius 1 is 1.44 bits per heavy atom. The molecule has 1 saturated heterocycles. The van der Waals surface area contributed by atoms with Crippen LogP contribution in [0.5, 0.6) is 0 Å². The van der Waals surface area contributed by atoms with Gasteiger partial charge >= 0.3 is 0 Å². The van der Waals surface area contributed by atoms with E-state index in [9.17, 15) is 9.50 Å². The molecule has 0 spiro atoms.